The molecule has 2 rings (SSSR count). The number of sulfonamides is 1. The molecule has 0 aliphatic carbocycles. The number of carbonyl (C=O) groups is 2. The summed E-state index contributed by atoms with van der Waals surface area (Å²) in [7, 11) is -3.92. The Hall–Kier alpha value is -2.87. The first kappa shape index (κ1) is 16.5. The van der Waals surface area contributed by atoms with Crippen molar-refractivity contribution in [1.82, 2.24) is 0 Å². The third-order valence-electron chi connectivity index (χ3n) is 3.17. The fourth-order valence-corrected chi connectivity index (χ4v) is 3.01. The van der Waals surface area contributed by atoms with Crippen LogP contribution in [0.2, 0.25) is 0 Å². The molecular formula is C15H14N2O5S. The van der Waals surface area contributed by atoms with Crippen LogP contribution in [-0.2, 0) is 10.0 Å². The monoisotopic (exact) mass is 334 g/mol. The Morgan fingerprint density at radius 2 is 1.70 bits per heavy atom. The normalized spacial score (nSPS) is 11.0. The first-order valence-corrected chi connectivity index (χ1v) is 7.95. The molecule has 7 nitrogen and oxygen atoms in total. The third-order valence-corrected chi connectivity index (χ3v) is 4.55. The van der Waals surface area contributed by atoms with Crippen LogP contribution >= 0.6 is 0 Å². The molecule has 0 saturated carbocycles. The Bertz CT molecular complexity index is 873. The van der Waals surface area contributed by atoms with Gasteiger partial charge in [0.2, 0.25) is 5.91 Å². The van der Waals surface area contributed by atoms with Gasteiger partial charge in [-0.05, 0) is 48.9 Å². The molecule has 0 spiro atoms. The van der Waals surface area contributed by atoms with Gasteiger partial charge in [0.15, 0.2) is 0 Å². The van der Waals surface area contributed by atoms with E-state index in [2.05, 4.69) is 4.72 Å². The number of anilines is 1. The van der Waals surface area contributed by atoms with E-state index in [1.54, 1.807) is 6.92 Å². The maximum absolute atomic E-state index is 12.3. The number of hydrogen-bond acceptors (Lipinski definition) is 4. The molecule has 0 aliphatic heterocycles. The molecule has 0 unspecified atom stereocenters. The summed E-state index contributed by atoms with van der Waals surface area (Å²) in [5.74, 6) is -1.82. The van der Waals surface area contributed by atoms with Crippen molar-refractivity contribution in [3.63, 3.8) is 0 Å². The van der Waals surface area contributed by atoms with E-state index in [1.165, 1.54) is 42.5 Å². The van der Waals surface area contributed by atoms with E-state index in [4.69, 9.17) is 10.8 Å². The molecule has 0 bridgehead atoms. The average molecular weight is 334 g/mol. The number of rotatable bonds is 5. The Kier molecular flexibility index (Phi) is 4.37. The molecule has 0 aliphatic rings. The fraction of sp³-hybridized carbons (Fsp3) is 0.0667. The molecule has 0 heterocycles. The van der Waals surface area contributed by atoms with Crippen LogP contribution in [-0.4, -0.2) is 25.4 Å². The Balaban J connectivity index is 2.33. The summed E-state index contributed by atoms with van der Waals surface area (Å²) >= 11 is 0. The van der Waals surface area contributed by atoms with E-state index in [0.29, 0.717) is 5.56 Å². The predicted octanol–water partition coefficient (Wildman–Crippen LogP) is 1.59. The molecule has 0 fully saturated rings. The highest BCUT2D eigenvalue weighted by molar-refractivity contribution is 7.92. The zero-order valence-electron chi connectivity index (χ0n) is 12.1. The molecule has 0 atom stereocenters. The standard InChI is InChI=1S/C15H14N2O5S/c1-9-2-7-12(8-13(9)14(16)18)23(21,22)17-11-5-3-10(4-6-11)15(19)20/h2-8,17H,1H3,(H2,16,18)(H,19,20). The van der Waals surface area contributed by atoms with E-state index in [9.17, 15) is 18.0 Å². The lowest BCUT2D eigenvalue weighted by atomic mass is 10.1. The molecule has 2 aromatic carbocycles. The van der Waals surface area contributed by atoms with Gasteiger partial charge in [-0.1, -0.05) is 6.07 Å². The summed E-state index contributed by atoms with van der Waals surface area (Å²) in [6.45, 7) is 1.65. The number of amides is 1. The largest absolute Gasteiger partial charge is 0.478 e. The van der Waals surface area contributed by atoms with Crippen LogP contribution in [0.4, 0.5) is 5.69 Å². The van der Waals surface area contributed by atoms with Crippen LogP contribution < -0.4 is 10.5 Å². The smallest absolute Gasteiger partial charge is 0.335 e. The fourth-order valence-electron chi connectivity index (χ4n) is 1.93. The molecule has 0 saturated heterocycles. The summed E-state index contributed by atoms with van der Waals surface area (Å²) in [6.07, 6.45) is 0. The van der Waals surface area contributed by atoms with E-state index in [-0.39, 0.29) is 21.7 Å². The number of benzene rings is 2. The second-order valence-corrected chi connectivity index (χ2v) is 6.51. The minimum atomic E-state index is -3.92. The van der Waals surface area contributed by atoms with Crippen LogP contribution in [0.15, 0.2) is 47.4 Å². The zero-order chi connectivity index (χ0) is 17.2. The van der Waals surface area contributed by atoms with Crippen LogP contribution in [0.1, 0.15) is 26.3 Å². The Morgan fingerprint density at radius 1 is 1.09 bits per heavy atom. The van der Waals surface area contributed by atoms with Gasteiger partial charge in [-0.2, -0.15) is 0 Å². The third kappa shape index (κ3) is 3.67. The van der Waals surface area contributed by atoms with Crippen molar-refractivity contribution in [2.45, 2.75) is 11.8 Å². The van der Waals surface area contributed by atoms with Gasteiger partial charge in [-0.25, -0.2) is 13.2 Å². The van der Waals surface area contributed by atoms with Gasteiger partial charge in [0.1, 0.15) is 0 Å². The van der Waals surface area contributed by atoms with Gasteiger partial charge in [0.25, 0.3) is 10.0 Å². The molecule has 0 radical (unpaired) electrons. The maximum Gasteiger partial charge on any atom is 0.335 e. The Morgan fingerprint density at radius 3 is 2.22 bits per heavy atom. The minimum Gasteiger partial charge on any atom is -0.478 e. The molecular weight excluding hydrogens is 320 g/mol. The lowest BCUT2D eigenvalue weighted by Gasteiger charge is -2.10. The summed E-state index contributed by atoms with van der Waals surface area (Å²) in [4.78, 5) is 22.0. The molecule has 8 heteroatoms. The number of carbonyl (C=O) groups excluding carboxylic acids is 1. The summed E-state index contributed by atoms with van der Waals surface area (Å²) < 4.78 is 27.0. The number of hydrogen-bond donors (Lipinski definition) is 3. The zero-order valence-corrected chi connectivity index (χ0v) is 12.9. The molecule has 4 N–H and O–H groups in total. The number of carboxylic acid groups (broad SMARTS) is 1. The average Bonchev–Trinajstić information content (AvgIpc) is 2.47. The molecule has 120 valence electrons. The van der Waals surface area contributed by atoms with Gasteiger partial charge in [0, 0.05) is 11.3 Å². The van der Waals surface area contributed by atoms with Gasteiger partial charge >= 0.3 is 5.97 Å². The van der Waals surface area contributed by atoms with Crippen molar-refractivity contribution in [3.8, 4) is 0 Å². The van der Waals surface area contributed by atoms with Gasteiger partial charge in [-0.3, -0.25) is 9.52 Å². The highest BCUT2D eigenvalue weighted by atomic mass is 32.2. The second kappa shape index (κ2) is 6.09. The summed E-state index contributed by atoms with van der Waals surface area (Å²) in [6, 6.07) is 9.28. The van der Waals surface area contributed by atoms with E-state index >= 15 is 0 Å². The number of aryl methyl sites for hydroxylation is 1. The summed E-state index contributed by atoms with van der Waals surface area (Å²) in [5, 5.41) is 8.81. The van der Waals surface area contributed by atoms with Gasteiger partial charge in [0.05, 0.1) is 10.5 Å². The first-order chi connectivity index (χ1) is 10.7. The predicted molar refractivity (Wildman–Crippen MR) is 83.9 cm³/mol. The van der Waals surface area contributed by atoms with Crippen molar-refractivity contribution in [3.05, 3.63) is 59.2 Å². The molecule has 0 aromatic heterocycles. The lowest BCUT2D eigenvalue weighted by Crippen LogP contribution is -2.17. The van der Waals surface area contributed by atoms with Crippen molar-refractivity contribution in [2.75, 3.05) is 4.72 Å². The van der Waals surface area contributed by atoms with Crippen LogP contribution in [0.5, 0.6) is 0 Å². The topological polar surface area (TPSA) is 127 Å². The summed E-state index contributed by atoms with van der Waals surface area (Å²) in [5.41, 5.74) is 6.15. The van der Waals surface area contributed by atoms with Crippen molar-refractivity contribution in [2.24, 2.45) is 5.73 Å². The highest BCUT2D eigenvalue weighted by Gasteiger charge is 2.17. The van der Waals surface area contributed by atoms with Crippen LogP contribution in [0, 0.1) is 6.92 Å². The van der Waals surface area contributed by atoms with E-state index in [0.717, 1.165) is 0 Å². The SMILES string of the molecule is Cc1ccc(S(=O)(=O)Nc2ccc(C(=O)O)cc2)cc1C(N)=O. The van der Waals surface area contributed by atoms with Gasteiger partial charge in [-0.15, -0.1) is 0 Å². The van der Waals surface area contributed by atoms with E-state index < -0.39 is 21.9 Å². The van der Waals surface area contributed by atoms with Crippen LogP contribution in [0.3, 0.4) is 0 Å². The maximum atomic E-state index is 12.3. The molecule has 1 amide bonds. The van der Waals surface area contributed by atoms with Gasteiger partial charge < -0.3 is 10.8 Å². The van der Waals surface area contributed by atoms with E-state index in [1.807, 2.05) is 0 Å². The second-order valence-electron chi connectivity index (χ2n) is 4.83. The Labute approximate surface area is 132 Å². The van der Waals surface area contributed by atoms with Crippen molar-refractivity contribution < 1.29 is 23.1 Å². The quantitative estimate of drug-likeness (QED) is 0.765. The molecule has 2 aromatic rings. The first-order valence-electron chi connectivity index (χ1n) is 6.47. The molecule has 23 heavy (non-hydrogen) atoms. The number of nitrogens with two attached hydrogens (primary N) is 1. The number of primary amides is 1. The van der Waals surface area contributed by atoms with Crippen molar-refractivity contribution >= 4 is 27.6 Å². The van der Waals surface area contributed by atoms with Crippen LogP contribution in [0.25, 0.3) is 0 Å². The number of carboxylic acids is 1. The lowest BCUT2D eigenvalue weighted by molar-refractivity contribution is 0.0696. The highest BCUT2D eigenvalue weighted by Crippen LogP contribution is 2.19. The number of nitrogens with one attached hydrogen (secondary N) is 1. The minimum absolute atomic E-state index is 0.0410. The number of aromatic carboxylic acids is 1. The van der Waals surface area contributed by atoms with Crippen molar-refractivity contribution in [1.29, 1.82) is 0 Å².